The largest absolute Gasteiger partial charge is 0.379 e. The van der Waals surface area contributed by atoms with Gasteiger partial charge in [0, 0.05) is 25.7 Å². The summed E-state index contributed by atoms with van der Waals surface area (Å²) in [5.74, 6) is 0. The van der Waals surface area contributed by atoms with Crippen LogP contribution in [0.4, 0.5) is 4.79 Å². The summed E-state index contributed by atoms with van der Waals surface area (Å²) in [4.78, 5) is 13.8. The summed E-state index contributed by atoms with van der Waals surface area (Å²) in [7, 11) is 1.88. The summed E-state index contributed by atoms with van der Waals surface area (Å²) in [6, 6.07) is 0.889. The summed E-state index contributed by atoms with van der Waals surface area (Å²) in [5.41, 5.74) is 5.87. The van der Waals surface area contributed by atoms with Gasteiger partial charge in [-0.25, -0.2) is 4.79 Å². The van der Waals surface area contributed by atoms with Gasteiger partial charge in [-0.2, -0.15) is 0 Å². The van der Waals surface area contributed by atoms with Crippen LogP contribution in [0.5, 0.6) is 0 Å². The van der Waals surface area contributed by atoms with Crippen molar-refractivity contribution in [1.82, 2.24) is 10.2 Å². The third-order valence-electron chi connectivity index (χ3n) is 3.87. The predicted molar refractivity (Wildman–Crippen MR) is 65.8 cm³/mol. The molecule has 17 heavy (non-hydrogen) atoms. The Morgan fingerprint density at radius 3 is 2.59 bits per heavy atom. The molecular formula is C12H23N3O2. The van der Waals surface area contributed by atoms with Gasteiger partial charge >= 0.3 is 6.03 Å². The Bertz CT molecular complexity index is 258. The van der Waals surface area contributed by atoms with Crippen LogP contribution in [-0.2, 0) is 4.74 Å². The molecule has 3 N–H and O–H groups in total. The van der Waals surface area contributed by atoms with Gasteiger partial charge in [-0.15, -0.1) is 0 Å². The summed E-state index contributed by atoms with van der Waals surface area (Å²) in [5, 5.41) is 3.02. The lowest BCUT2D eigenvalue weighted by molar-refractivity contribution is 0.160. The molecule has 5 nitrogen and oxygen atoms in total. The van der Waals surface area contributed by atoms with Crippen molar-refractivity contribution in [3.05, 3.63) is 0 Å². The molecule has 0 radical (unpaired) electrons. The highest BCUT2D eigenvalue weighted by Gasteiger charge is 2.26. The van der Waals surface area contributed by atoms with E-state index in [0.717, 1.165) is 38.7 Å². The van der Waals surface area contributed by atoms with E-state index in [1.54, 1.807) is 0 Å². The van der Waals surface area contributed by atoms with E-state index in [2.05, 4.69) is 5.32 Å². The van der Waals surface area contributed by atoms with Crippen molar-refractivity contribution in [1.29, 1.82) is 0 Å². The van der Waals surface area contributed by atoms with Crippen molar-refractivity contribution >= 4 is 6.03 Å². The fraction of sp³-hybridized carbons (Fsp3) is 0.917. The Kier molecular flexibility index (Phi) is 4.23. The zero-order valence-electron chi connectivity index (χ0n) is 10.5. The molecule has 5 heteroatoms. The Hall–Kier alpha value is -0.810. The number of hydrogen-bond acceptors (Lipinski definition) is 3. The van der Waals surface area contributed by atoms with E-state index in [1.165, 1.54) is 0 Å². The highest BCUT2D eigenvalue weighted by Crippen LogP contribution is 2.21. The van der Waals surface area contributed by atoms with Crippen LogP contribution in [0.1, 0.15) is 32.1 Å². The van der Waals surface area contributed by atoms with E-state index in [9.17, 15) is 4.79 Å². The summed E-state index contributed by atoms with van der Waals surface area (Å²) in [6.07, 6.45) is 5.01. The van der Waals surface area contributed by atoms with Gasteiger partial charge in [0.05, 0.1) is 12.6 Å². The van der Waals surface area contributed by atoms with E-state index in [0.29, 0.717) is 18.7 Å². The molecule has 1 heterocycles. The molecule has 2 aliphatic rings. The molecule has 1 unspecified atom stereocenters. The van der Waals surface area contributed by atoms with Crippen LogP contribution < -0.4 is 11.1 Å². The van der Waals surface area contributed by atoms with Gasteiger partial charge in [-0.3, -0.25) is 0 Å². The van der Waals surface area contributed by atoms with Gasteiger partial charge in [-0.1, -0.05) is 0 Å². The van der Waals surface area contributed by atoms with Crippen molar-refractivity contribution < 1.29 is 9.53 Å². The molecule has 0 spiro atoms. The van der Waals surface area contributed by atoms with Gasteiger partial charge in [0.1, 0.15) is 0 Å². The summed E-state index contributed by atoms with van der Waals surface area (Å²) in [6.45, 7) is 1.40. The van der Waals surface area contributed by atoms with Gasteiger partial charge in [0.25, 0.3) is 0 Å². The lowest BCUT2D eigenvalue weighted by atomic mass is 9.91. The SMILES string of the molecule is CN(C(=O)NC1CCOC1)C1CCC(N)CC1. The molecule has 0 bridgehead atoms. The molecule has 0 aromatic carbocycles. The van der Waals surface area contributed by atoms with Crippen LogP contribution in [0.25, 0.3) is 0 Å². The molecule has 1 saturated heterocycles. The summed E-state index contributed by atoms with van der Waals surface area (Å²) < 4.78 is 5.25. The second kappa shape index (κ2) is 5.69. The number of nitrogens with two attached hydrogens (primary N) is 1. The van der Waals surface area contributed by atoms with Crippen LogP contribution in [0, 0.1) is 0 Å². The van der Waals surface area contributed by atoms with Gasteiger partial charge in [0.15, 0.2) is 0 Å². The number of urea groups is 1. The third-order valence-corrected chi connectivity index (χ3v) is 3.87. The van der Waals surface area contributed by atoms with Crippen LogP contribution in [0.15, 0.2) is 0 Å². The van der Waals surface area contributed by atoms with Gasteiger partial charge < -0.3 is 20.7 Å². The predicted octanol–water partition coefficient (Wildman–Crippen LogP) is 0.687. The Balaban J connectivity index is 1.77. The number of amides is 2. The first kappa shape index (κ1) is 12.6. The number of nitrogens with one attached hydrogen (secondary N) is 1. The number of nitrogens with zero attached hydrogens (tertiary/aromatic N) is 1. The molecule has 2 rings (SSSR count). The molecule has 0 aromatic heterocycles. The van der Waals surface area contributed by atoms with E-state index in [1.807, 2.05) is 11.9 Å². The second-order valence-electron chi connectivity index (χ2n) is 5.19. The van der Waals surface area contributed by atoms with Crippen LogP contribution in [0.2, 0.25) is 0 Å². The van der Waals surface area contributed by atoms with Crippen LogP contribution >= 0.6 is 0 Å². The molecule has 1 aliphatic carbocycles. The topological polar surface area (TPSA) is 67.6 Å². The first-order valence-electron chi connectivity index (χ1n) is 6.53. The number of rotatable bonds is 2. The zero-order valence-corrected chi connectivity index (χ0v) is 10.5. The lowest BCUT2D eigenvalue weighted by Gasteiger charge is -2.34. The monoisotopic (exact) mass is 241 g/mol. The zero-order chi connectivity index (χ0) is 12.3. The van der Waals surface area contributed by atoms with Gasteiger partial charge in [-0.05, 0) is 32.1 Å². The second-order valence-corrected chi connectivity index (χ2v) is 5.19. The van der Waals surface area contributed by atoms with E-state index >= 15 is 0 Å². The standard InChI is InChI=1S/C12H23N3O2/c1-15(11-4-2-9(13)3-5-11)12(16)14-10-6-7-17-8-10/h9-11H,2-8,13H2,1H3,(H,14,16). The van der Waals surface area contributed by atoms with Crippen LogP contribution in [0.3, 0.4) is 0 Å². The maximum atomic E-state index is 12.0. The maximum Gasteiger partial charge on any atom is 0.317 e. The minimum Gasteiger partial charge on any atom is -0.379 e. The molecule has 1 saturated carbocycles. The van der Waals surface area contributed by atoms with E-state index in [4.69, 9.17) is 10.5 Å². The normalized spacial score (nSPS) is 33.4. The molecule has 0 aromatic rings. The average molecular weight is 241 g/mol. The molecular weight excluding hydrogens is 218 g/mol. The Morgan fingerprint density at radius 1 is 1.29 bits per heavy atom. The Morgan fingerprint density at radius 2 is 2.00 bits per heavy atom. The van der Waals surface area contributed by atoms with Gasteiger partial charge in [0.2, 0.25) is 0 Å². The number of carbonyl (C=O) groups excluding carboxylic acids is 1. The smallest absolute Gasteiger partial charge is 0.317 e. The average Bonchev–Trinajstić information content (AvgIpc) is 2.82. The number of carbonyl (C=O) groups is 1. The van der Waals surface area contributed by atoms with Crippen molar-refractivity contribution in [2.75, 3.05) is 20.3 Å². The third kappa shape index (κ3) is 3.33. The van der Waals surface area contributed by atoms with E-state index < -0.39 is 0 Å². The maximum absolute atomic E-state index is 12.0. The highest BCUT2D eigenvalue weighted by atomic mass is 16.5. The first-order chi connectivity index (χ1) is 8.16. The fourth-order valence-electron chi connectivity index (χ4n) is 2.58. The molecule has 98 valence electrons. The first-order valence-corrected chi connectivity index (χ1v) is 6.53. The molecule has 1 aliphatic heterocycles. The molecule has 1 atom stereocenters. The van der Waals surface area contributed by atoms with Crippen molar-refractivity contribution in [2.45, 2.75) is 50.2 Å². The lowest BCUT2D eigenvalue weighted by Crippen LogP contribution is -2.49. The highest BCUT2D eigenvalue weighted by molar-refractivity contribution is 5.74. The van der Waals surface area contributed by atoms with Crippen molar-refractivity contribution in [3.63, 3.8) is 0 Å². The minimum absolute atomic E-state index is 0.0287. The van der Waals surface area contributed by atoms with E-state index in [-0.39, 0.29) is 12.1 Å². The quantitative estimate of drug-likeness (QED) is 0.747. The summed E-state index contributed by atoms with van der Waals surface area (Å²) >= 11 is 0. The van der Waals surface area contributed by atoms with Crippen molar-refractivity contribution in [2.24, 2.45) is 5.73 Å². The molecule has 2 fully saturated rings. The molecule has 2 amide bonds. The number of ether oxygens (including phenoxy) is 1. The minimum atomic E-state index is 0.0287. The Labute approximate surface area is 103 Å². The van der Waals surface area contributed by atoms with Crippen LogP contribution in [-0.4, -0.2) is 49.3 Å². The fourth-order valence-corrected chi connectivity index (χ4v) is 2.58. The van der Waals surface area contributed by atoms with Crippen molar-refractivity contribution in [3.8, 4) is 0 Å². The number of hydrogen-bond donors (Lipinski definition) is 2.